The fraction of sp³-hybridized carbons (Fsp3) is 0.194. The zero-order valence-electron chi connectivity index (χ0n) is 22.6. The molecule has 1 aliphatic rings. The zero-order chi connectivity index (χ0) is 29.1. The van der Waals surface area contributed by atoms with E-state index in [4.69, 9.17) is 0 Å². The molecule has 10 nitrogen and oxygen atoms in total. The standard InChI is InChI=1S/C31H28N6O4S/c38-30(34-27-14-7-17-32-29(27)31(39)33-18-21-8-6-9-21)26-16-15-22(24-12-4-5-13-25(24)26)19-37-20-28(35-36-37)42(40,41)23-10-2-1-3-11-23/h1-5,7,10-17,20-21H,6,8-9,18-19H2,(H,33,39)(H,34,38). The Kier molecular flexibility index (Phi) is 7.49. The van der Waals surface area contributed by atoms with Crippen LogP contribution in [0.5, 0.6) is 0 Å². The summed E-state index contributed by atoms with van der Waals surface area (Å²) in [4.78, 5) is 30.7. The van der Waals surface area contributed by atoms with Gasteiger partial charge in [0.05, 0.1) is 23.3 Å². The molecule has 212 valence electrons. The molecule has 1 fully saturated rings. The van der Waals surface area contributed by atoms with Crippen molar-refractivity contribution in [1.29, 1.82) is 0 Å². The van der Waals surface area contributed by atoms with Crippen molar-refractivity contribution in [1.82, 2.24) is 25.3 Å². The number of amides is 2. The molecule has 1 aliphatic carbocycles. The van der Waals surface area contributed by atoms with Gasteiger partial charge in [0.1, 0.15) is 0 Å². The Labute approximate surface area is 242 Å². The molecule has 6 rings (SSSR count). The number of fused-ring (bicyclic) bond motifs is 1. The van der Waals surface area contributed by atoms with Crippen molar-refractivity contribution in [2.75, 3.05) is 11.9 Å². The van der Waals surface area contributed by atoms with E-state index < -0.39 is 9.84 Å². The number of carbonyl (C=O) groups is 2. The second kappa shape index (κ2) is 11.5. The topological polar surface area (TPSA) is 136 Å². The van der Waals surface area contributed by atoms with Gasteiger partial charge in [-0.1, -0.05) is 60.2 Å². The van der Waals surface area contributed by atoms with E-state index in [1.165, 1.54) is 35.6 Å². The van der Waals surface area contributed by atoms with Crippen molar-refractivity contribution in [3.63, 3.8) is 0 Å². The fourth-order valence-electron chi connectivity index (χ4n) is 4.97. The number of carbonyl (C=O) groups excluding carboxylic acids is 2. The van der Waals surface area contributed by atoms with E-state index in [1.54, 1.807) is 42.5 Å². The fourth-order valence-corrected chi connectivity index (χ4v) is 6.13. The van der Waals surface area contributed by atoms with Gasteiger partial charge in [0.2, 0.25) is 14.9 Å². The maximum Gasteiger partial charge on any atom is 0.272 e. The van der Waals surface area contributed by atoms with Crippen LogP contribution in [0.2, 0.25) is 0 Å². The summed E-state index contributed by atoms with van der Waals surface area (Å²) in [5.74, 6) is -0.201. The van der Waals surface area contributed by atoms with Gasteiger partial charge < -0.3 is 10.6 Å². The molecule has 2 heterocycles. The van der Waals surface area contributed by atoms with Crippen LogP contribution in [0.4, 0.5) is 5.69 Å². The first kappa shape index (κ1) is 27.3. The van der Waals surface area contributed by atoms with E-state index in [1.807, 2.05) is 24.3 Å². The van der Waals surface area contributed by atoms with Gasteiger partial charge in [0, 0.05) is 18.3 Å². The van der Waals surface area contributed by atoms with Gasteiger partial charge in [-0.2, -0.15) is 0 Å². The Bertz CT molecular complexity index is 1880. The number of hydrogen-bond acceptors (Lipinski definition) is 7. The SMILES string of the molecule is O=C(NCC1CCC1)c1ncccc1NC(=O)c1ccc(Cn2cc(S(=O)(=O)c3ccccc3)nn2)c2ccccc12. The second-order valence-corrected chi connectivity index (χ2v) is 12.1. The summed E-state index contributed by atoms with van der Waals surface area (Å²) in [6.07, 6.45) is 6.34. The van der Waals surface area contributed by atoms with Gasteiger partial charge >= 0.3 is 0 Å². The summed E-state index contributed by atoms with van der Waals surface area (Å²) in [7, 11) is -3.80. The molecule has 0 spiro atoms. The van der Waals surface area contributed by atoms with Crippen LogP contribution >= 0.6 is 0 Å². The van der Waals surface area contributed by atoms with Crippen LogP contribution in [0.1, 0.15) is 45.7 Å². The molecule has 2 N–H and O–H groups in total. The zero-order valence-corrected chi connectivity index (χ0v) is 23.4. The monoisotopic (exact) mass is 580 g/mol. The van der Waals surface area contributed by atoms with E-state index >= 15 is 0 Å². The van der Waals surface area contributed by atoms with E-state index in [0.29, 0.717) is 29.1 Å². The number of hydrogen-bond donors (Lipinski definition) is 2. The molecule has 0 atom stereocenters. The predicted molar refractivity (Wildman–Crippen MR) is 157 cm³/mol. The summed E-state index contributed by atoms with van der Waals surface area (Å²) in [6, 6.07) is 22.4. The first-order chi connectivity index (χ1) is 20.4. The van der Waals surface area contributed by atoms with Crippen LogP contribution in [0.15, 0.2) is 101 Å². The molecule has 5 aromatic rings. The molecule has 3 aromatic carbocycles. The number of anilines is 1. The minimum Gasteiger partial charge on any atom is -0.350 e. The quantitative estimate of drug-likeness (QED) is 0.262. The van der Waals surface area contributed by atoms with Crippen molar-refractivity contribution in [3.05, 3.63) is 108 Å². The number of rotatable bonds is 9. The molecular formula is C31H28N6O4S. The average Bonchev–Trinajstić information content (AvgIpc) is 3.47. The molecule has 2 aromatic heterocycles. The van der Waals surface area contributed by atoms with Crippen molar-refractivity contribution >= 4 is 38.1 Å². The summed E-state index contributed by atoms with van der Waals surface area (Å²) in [5.41, 5.74) is 1.74. The summed E-state index contributed by atoms with van der Waals surface area (Å²) < 4.78 is 27.3. The molecule has 11 heteroatoms. The molecule has 0 saturated heterocycles. The molecule has 0 radical (unpaired) electrons. The Morgan fingerprint density at radius 1 is 0.881 bits per heavy atom. The number of nitrogens with one attached hydrogen (secondary N) is 2. The lowest BCUT2D eigenvalue weighted by molar-refractivity contribution is 0.0935. The van der Waals surface area contributed by atoms with Gasteiger partial charge in [-0.25, -0.2) is 18.1 Å². The summed E-state index contributed by atoms with van der Waals surface area (Å²) in [6.45, 7) is 0.841. The van der Waals surface area contributed by atoms with Crippen LogP contribution < -0.4 is 10.6 Å². The lowest BCUT2D eigenvalue weighted by atomic mass is 9.85. The van der Waals surface area contributed by atoms with Gasteiger partial charge in [-0.3, -0.25) is 9.59 Å². The molecule has 0 aliphatic heterocycles. The lowest BCUT2D eigenvalue weighted by Gasteiger charge is -2.25. The van der Waals surface area contributed by atoms with Gasteiger partial charge in [-0.05, 0) is 65.4 Å². The summed E-state index contributed by atoms with van der Waals surface area (Å²) >= 11 is 0. The normalized spacial score (nSPS) is 13.4. The highest BCUT2D eigenvalue weighted by atomic mass is 32.2. The van der Waals surface area contributed by atoms with Crippen LogP contribution in [-0.4, -0.2) is 46.8 Å². The number of nitrogens with zero attached hydrogens (tertiary/aromatic N) is 4. The molecule has 2 amide bonds. The minimum atomic E-state index is -3.80. The van der Waals surface area contributed by atoms with Crippen LogP contribution in [0, 0.1) is 5.92 Å². The highest BCUT2D eigenvalue weighted by molar-refractivity contribution is 7.91. The Hall–Kier alpha value is -4.90. The van der Waals surface area contributed by atoms with Crippen molar-refractivity contribution in [2.24, 2.45) is 5.92 Å². The highest BCUT2D eigenvalue weighted by Gasteiger charge is 2.23. The molecule has 42 heavy (non-hydrogen) atoms. The molecule has 0 bridgehead atoms. The minimum absolute atomic E-state index is 0.141. The van der Waals surface area contributed by atoms with Gasteiger partial charge in [-0.15, -0.1) is 5.10 Å². The molecule has 0 unspecified atom stereocenters. The molecular weight excluding hydrogens is 552 g/mol. The Morgan fingerprint density at radius 3 is 2.40 bits per heavy atom. The average molecular weight is 581 g/mol. The Balaban J connectivity index is 1.23. The van der Waals surface area contributed by atoms with Crippen molar-refractivity contribution < 1.29 is 18.0 Å². The maximum absolute atomic E-state index is 13.5. The largest absolute Gasteiger partial charge is 0.350 e. The maximum atomic E-state index is 13.5. The van der Waals surface area contributed by atoms with Crippen LogP contribution in [0.25, 0.3) is 10.8 Å². The van der Waals surface area contributed by atoms with Crippen molar-refractivity contribution in [3.8, 4) is 0 Å². The van der Waals surface area contributed by atoms with Gasteiger partial charge in [0.15, 0.2) is 5.69 Å². The lowest BCUT2D eigenvalue weighted by Crippen LogP contribution is -2.33. The number of aromatic nitrogens is 4. The number of pyridine rings is 1. The third-order valence-electron chi connectivity index (χ3n) is 7.48. The summed E-state index contributed by atoms with van der Waals surface area (Å²) in [5, 5.41) is 15.1. The first-order valence-electron chi connectivity index (χ1n) is 13.7. The first-order valence-corrected chi connectivity index (χ1v) is 15.1. The molecule has 1 saturated carbocycles. The predicted octanol–water partition coefficient (Wildman–Crippen LogP) is 4.49. The number of sulfone groups is 1. The highest BCUT2D eigenvalue weighted by Crippen LogP contribution is 2.27. The third kappa shape index (κ3) is 5.51. The van der Waals surface area contributed by atoms with E-state index in [-0.39, 0.29) is 34.0 Å². The number of benzene rings is 3. The van der Waals surface area contributed by atoms with E-state index in [0.717, 1.165) is 23.8 Å². The van der Waals surface area contributed by atoms with Gasteiger partial charge in [0.25, 0.3) is 11.8 Å². The van der Waals surface area contributed by atoms with E-state index in [9.17, 15) is 18.0 Å². The second-order valence-electron chi connectivity index (χ2n) is 10.2. The van der Waals surface area contributed by atoms with E-state index in [2.05, 4.69) is 25.9 Å². The smallest absolute Gasteiger partial charge is 0.272 e. The van der Waals surface area contributed by atoms with Crippen LogP contribution in [-0.2, 0) is 16.4 Å². The van der Waals surface area contributed by atoms with Crippen LogP contribution in [0.3, 0.4) is 0 Å². The van der Waals surface area contributed by atoms with Crippen molar-refractivity contribution in [2.45, 2.75) is 35.7 Å². The Morgan fingerprint density at radius 2 is 1.64 bits per heavy atom. The third-order valence-corrected chi connectivity index (χ3v) is 9.12.